The zero-order valence-electron chi connectivity index (χ0n) is 12.0. The van der Waals surface area contributed by atoms with E-state index in [2.05, 4.69) is 15.2 Å². The maximum atomic E-state index is 12.8. The van der Waals surface area contributed by atoms with Crippen molar-refractivity contribution in [3.8, 4) is 11.6 Å². The van der Waals surface area contributed by atoms with Gasteiger partial charge in [0, 0.05) is 0 Å². The van der Waals surface area contributed by atoms with Crippen molar-refractivity contribution >= 4 is 16.7 Å². The molecule has 0 bridgehead atoms. The van der Waals surface area contributed by atoms with E-state index in [0.29, 0.717) is 11.2 Å². The van der Waals surface area contributed by atoms with Gasteiger partial charge < -0.3 is 4.74 Å². The van der Waals surface area contributed by atoms with E-state index in [0.717, 1.165) is 17.6 Å². The minimum Gasteiger partial charge on any atom is -0.436 e. The lowest BCUT2D eigenvalue weighted by Crippen LogP contribution is -2.04. The van der Waals surface area contributed by atoms with Crippen LogP contribution < -0.4 is 4.74 Å². The zero-order valence-corrected chi connectivity index (χ0v) is 12.0. The normalized spacial score (nSPS) is 12.0. The van der Waals surface area contributed by atoms with E-state index in [4.69, 9.17) is 4.74 Å². The van der Waals surface area contributed by atoms with Gasteiger partial charge in [-0.1, -0.05) is 18.2 Å². The summed E-state index contributed by atoms with van der Waals surface area (Å²) in [5.74, 6) is 0.114. The molecule has 0 amide bonds. The fourth-order valence-corrected chi connectivity index (χ4v) is 2.39. The second-order valence-electron chi connectivity index (χ2n) is 5.06. The van der Waals surface area contributed by atoms with Crippen LogP contribution in [0, 0.1) is 0 Å². The van der Waals surface area contributed by atoms with Crippen LogP contribution in [0.15, 0.2) is 54.9 Å². The molecule has 24 heavy (non-hydrogen) atoms. The van der Waals surface area contributed by atoms with Gasteiger partial charge in [-0.25, -0.2) is 4.98 Å². The van der Waals surface area contributed by atoms with Crippen LogP contribution in [0.1, 0.15) is 5.56 Å². The van der Waals surface area contributed by atoms with Gasteiger partial charge in [0.15, 0.2) is 0 Å². The molecule has 4 aromatic rings. The fraction of sp³-hybridized carbons (Fsp3) is 0.0625. The third kappa shape index (κ3) is 2.41. The first kappa shape index (κ1) is 14.4. The van der Waals surface area contributed by atoms with Gasteiger partial charge in [0.25, 0.3) is 5.88 Å². The quantitative estimate of drug-likeness (QED) is 0.555. The van der Waals surface area contributed by atoms with Crippen LogP contribution in [0.25, 0.3) is 16.7 Å². The number of para-hydroxylation sites is 2. The van der Waals surface area contributed by atoms with Gasteiger partial charge >= 0.3 is 6.18 Å². The Morgan fingerprint density at radius 1 is 1.00 bits per heavy atom. The molecule has 0 spiro atoms. The van der Waals surface area contributed by atoms with Gasteiger partial charge in [-0.3, -0.25) is 4.40 Å². The fourth-order valence-electron chi connectivity index (χ4n) is 2.39. The Bertz CT molecular complexity index is 1040. The minimum absolute atomic E-state index is 0.0255. The van der Waals surface area contributed by atoms with Gasteiger partial charge in [0.2, 0.25) is 5.65 Å². The topological polar surface area (TPSA) is 52.3 Å². The number of nitrogens with zero attached hydrogens (tertiary/aromatic N) is 4. The summed E-state index contributed by atoms with van der Waals surface area (Å²) in [4.78, 5) is 4.34. The first-order valence-corrected chi connectivity index (χ1v) is 6.96. The lowest BCUT2D eigenvalue weighted by Gasteiger charge is -2.10. The molecule has 0 saturated carbocycles. The largest absolute Gasteiger partial charge is 0.436 e. The molecule has 0 aliphatic rings. The number of aromatic nitrogens is 4. The maximum absolute atomic E-state index is 12.8. The number of alkyl halides is 3. The second-order valence-corrected chi connectivity index (χ2v) is 5.06. The first-order valence-electron chi connectivity index (χ1n) is 6.96. The summed E-state index contributed by atoms with van der Waals surface area (Å²) < 4.78 is 45.7. The summed E-state index contributed by atoms with van der Waals surface area (Å²) in [5, 5.41) is 7.76. The SMILES string of the molecule is FC(F)(F)c1cccc(Oc2nc3ccccc3n3cnnc23)c1. The Morgan fingerprint density at radius 3 is 2.67 bits per heavy atom. The van der Waals surface area contributed by atoms with Crippen LogP contribution in [0.2, 0.25) is 0 Å². The van der Waals surface area contributed by atoms with E-state index >= 15 is 0 Å². The number of hydrogen-bond donors (Lipinski definition) is 0. The summed E-state index contributed by atoms with van der Waals surface area (Å²) in [6.07, 6.45) is -2.95. The molecule has 5 nitrogen and oxygen atoms in total. The van der Waals surface area contributed by atoms with Crippen LogP contribution in [-0.2, 0) is 6.18 Å². The predicted molar refractivity (Wildman–Crippen MR) is 79.8 cm³/mol. The predicted octanol–water partition coefficient (Wildman–Crippen LogP) is 4.09. The highest BCUT2D eigenvalue weighted by Gasteiger charge is 2.30. The van der Waals surface area contributed by atoms with Crippen molar-refractivity contribution in [1.82, 2.24) is 19.6 Å². The number of halogens is 3. The standard InChI is InChI=1S/C16H9F3N4O/c17-16(18,19)10-4-3-5-11(8-10)24-15-14-22-20-9-23(14)13-7-2-1-6-12(13)21-15/h1-9H. The molecule has 2 heterocycles. The Balaban J connectivity index is 1.83. The monoisotopic (exact) mass is 330 g/mol. The highest BCUT2D eigenvalue weighted by Crippen LogP contribution is 2.33. The van der Waals surface area contributed by atoms with Crippen LogP contribution in [0.5, 0.6) is 11.6 Å². The molecule has 120 valence electrons. The summed E-state index contributed by atoms with van der Waals surface area (Å²) in [7, 11) is 0. The first-order chi connectivity index (χ1) is 11.5. The molecule has 2 aromatic carbocycles. The second kappa shape index (κ2) is 5.19. The Morgan fingerprint density at radius 2 is 1.83 bits per heavy atom. The van der Waals surface area contributed by atoms with E-state index in [1.807, 2.05) is 12.1 Å². The van der Waals surface area contributed by atoms with Crippen molar-refractivity contribution in [2.75, 3.05) is 0 Å². The Labute approximate surface area is 133 Å². The van der Waals surface area contributed by atoms with Gasteiger partial charge in [0.1, 0.15) is 12.1 Å². The molecule has 0 aliphatic carbocycles. The molecule has 8 heteroatoms. The third-order valence-electron chi connectivity index (χ3n) is 3.48. The number of ether oxygens (including phenoxy) is 1. The maximum Gasteiger partial charge on any atom is 0.416 e. The summed E-state index contributed by atoms with van der Waals surface area (Å²) in [5.41, 5.74) is 0.921. The highest BCUT2D eigenvalue weighted by atomic mass is 19.4. The van der Waals surface area contributed by atoms with Crippen molar-refractivity contribution in [2.24, 2.45) is 0 Å². The average molecular weight is 330 g/mol. The molecular formula is C16H9F3N4O. The van der Waals surface area contributed by atoms with E-state index in [9.17, 15) is 13.2 Å². The molecular weight excluding hydrogens is 321 g/mol. The lowest BCUT2D eigenvalue weighted by molar-refractivity contribution is -0.137. The lowest BCUT2D eigenvalue weighted by atomic mass is 10.2. The minimum atomic E-state index is -4.44. The number of rotatable bonds is 2. The van der Waals surface area contributed by atoms with Crippen molar-refractivity contribution in [1.29, 1.82) is 0 Å². The molecule has 0 aliphatic heterocycles. The molecule has 0 atom stereocenters. The third-order valence-corrected chi connectivity index (χ3v) is 3.48. The smallest absolute Gasteiger partial charge is 0.416 e. The summed E-state index contributed by atoms with van der Waals surface area (Å²) in [6, 6.07) is 11.9. The number of fused-ring (bicyclic) bond motifs is 3. The molecule has 0 N–H and O–H groups in total. The van der Waals surface area contributed by atoms with Crippen molar-refractivity contribution in [3.63, 3.8) is 0 Å². The van der Waals surface area contributed by atoms with Crippen LogP contribution in [0.3, 0.4) is 0 Å². The van der Waals surface area contributed by atoms with Crippen LogP contribution in [0.4, 0.5) is 13.2 Å². The number of hydrogen-bond acceptors (Lipinski definition) is 4. The van der Waals surface area contributed by atoms with E-state index in [1.54, 1.807) is 16.5 Å². The van der Waals surface area contributed by atoms with Gasteiger partial charge in [-0.15, -0.1) is 10.2 Å². The van der Waals surface area contributed by atoms with Crippen molar-refractivity contribution < 1.29 is 17.9 Å². The van der Waals surface area contributed by atoms with Crippen LogP contribution in [-0.4, -0.2) is 19.6 Å². The van der Waals surface area contributed by atoms with Crippen molar-refractivity contribution in [3.05, 3.63) is 60.4 Å². The molecule has 0 saturated heterocycles. The van der Waals surface area contributed by atoms with Gasteiger partial charge in [0.05, 0.1) is 16.6 Å². The molecule has 2 aromatic heterocycles. The van der Waals surface area contributed by atoms with E-state index in [1.165, 1.54) is 18.5 Å². The Hall–Kier alpha value is -3.16. The Kier molecular flexibility index (Phi) is 3.12. The van der Waals surface area contributed by atoms with E-state index < -0.39 is 11.7 Å². The van der Waals surface area contributed by atoms with Crippen LogP contribution >= 0.6 is 0 Å². The van der Waals surface area contributed by atoms with Gasteiger partial charge in [-0.2, -0.15) is 13.2 Å². The molecule has 4 rings (SSSR count). The van der Waals surface area contributed by atoms with E-state index in [-0.39, 0.29) is 11.6 Å². The summed E-state index contributed by atoms with van der Waals surface area (Å²) >= 11 is 0. The summed E-state index contributed by atoms with van der Waals surface area (Å²) in [6.45, 7) is 0. The average Bonchev–Trinajstić information content (AvgIpc) is 3.05. The van der Waals surface area contributed by atoms with Gasteiger partial charge in [-0.05, 0) is 30.3 Å². The zero-order chi connectivity index (χ0) is 16.7. The number of benzene rings is 2. The highest BCUT2D eigenvalue weighted by molar-refractivity contribution is 5.79. The molecule has 0 radical (unpaired) electrons. The molecule has 0 fully saturated rings. The molecule has 0 unspecified atom stereocenters. The van der Waals surface area contributed by atoms with Crippen molar-refractivity contribution in [2.45, 2.75) is 6.18 Å².